The molecule has 4 heterocycles. The highest BCUT2D eigenvalue weighted by molar-refractivity contribution is 5.89. The minimum atomic E-state index is -4.71. The van der Waals surface area contributed by atoms with Crippen molar-refractivity contribution in [1.82, 2.24) is 50.0 Å². The molecule has 4 amide bonds. The number of hydrogen-bond acceptors (Lipinski definition) is 10. The van der Waals surface area contributed by atoms with Crippen LogP contribution < -0.4 is 10.6 Å². The number of aromatic nitrogens is 6. The fourth-order valence-electron chi connectivity index (χ4n) is 6.82. The van der Waals surface area contributed by atoms with E-state index in [1.807, 2.05) is 0 Å². The number of allylic oxidation sites excluding steroid dienone is 1. The van der Waals surface area contributed by atoms with E-state index in [-0.39, 0.29) is 75.6 Å². The third-order valence-corrected chi connectivity index (χ3v) is 9.80. The van der Waals surface area contributed by atoms with Crippen LogP contribution in [0.4, 0.5) is 62.3 Å². The Morgan fingerprint density at radius 1 is 0.629 bits per heavy atom. The summed E-state index contributed by atoms with van der Waals surface area (Å²) in [7, 11) is 0. The van der Waals surface area contributed by atoms with Gasteiger partial charge in [-0.3, -0.25) is 14.9 Å². The molecular weight excluding hydrogens is 969 g/mol. The van der Waals surface area contributed by atoms with E-state index >= 15 is 0 Å². The average Bonchev–Trinajstić information content (AvgIpc) is 3.85. The summed E-state index contributed by atoms with van der Waals surface area (Å²) in [5.41, 5.74) is -2.66. The minimum Gasteiger partial charge on any atom is -0.444 e. The van der Waals surface area contributed by atoms with Gasteiger partial charge >= 0.3 is 24.5 Å². The molecule has 2 aromatic heterocycles. The van der Waals surface area contributed by atoms with Gasteiger partial charge in [-0.15, -0.1) is 20.4 Å². The minimum absolute atomic E-state index is 0. The number of halogens is 12. The summed E-state index contributed by atoms with van der Waals surface area (Å²) in [6.45, 7) is 8.29. The number of ether oxygens (including phenoxy) is 2. The highest BCUT2D eigenvalue weighted by Gasteiger charge is 2.41. The van der Waals surface area contributed by atoms with E-state index in [1.165, 1.54) is 4.90 Å². The molecule has 1 atom stereocenters. The molecular formula is C42H46F12N10O6. The summed E-state index contributed by atoms with van der Waals surface area (Å²) in [6.07, 6.45) is -11.7. The van der Waals surface area contributed by atoms with Crippen molar-refractivity contribution in [1.29, 1.82) is 0 Å². The second kappa shape index (κ2) is 21.0. The number of carbonyl (C=O) groups excluding carboxylic acids is 4. The van der Waals surface area contributed by atoms with E-state index in [0.717, 1.165) is 20.1 Å². The zero-order chi connectivity index (χ0) is 52.3. The van der Waals surface area contributed by atoms with Crippen molar-refractivity contribution in [3.05, 3.63) is 105 Å². The fourth-order valence-corrected chi connectivity index (χ4v) is 6.82. The van der Waals surface area contributed by atoms with Crippen molar-refractivity contribution in [3.63, 3.8) is 0 Å². The van der Waals surface area contributed by atoms with Crippen LogP contribution in [0.5, 0.6) is 0 Å². The Morgan fingerprint density at radius 3 is 1.57 bits per heavy atom. The molecule has 0 fully saturated rings. The highest BCUT2D eigenvalue weighted by atomic mass is 19.4. The van der Waals surface area contributed by atoms with E-state index in [0.29, 0.717) is 24.3 Å². The van der Waals surface area contributed by atoms with Crippen LogP contribution in [0, 0.1) is 34.9 Å². The van der Waals surface area contributed by atoms with Crippen molar-refractivity contribution in [2.24, 2.45) is 0 Å². The molecule has 2 aliphatic heterocycles. The lowest BCUT2D eigenvalue weighted by Crippen LogP contribution is -2.45. The van der Waals surface area contributed by atoms with Crippen LogP contribution >= 0.6 is 0 Å². The van der Waals surface area contributed by atoms with Crippen LogP contribution in [0.1, 0.15) is 83.8 Å². The SMILES string of the molecule is CC(C)(C)OC(=O)N/C(=C\C(=O)N1CCn2c(nnc2C(F)(F)F)C1)Cc1cc(F)c(F)cc1F.CC(C)(C)OC(=O)N[C@@H](CC(=O)N1CCn2c(nnc2C(F)(F)F)C1)Cc1cc(F)c(F)cc1F.[HH]. The van der Waals surface area contributed by atoms with Crippen LogP contribution in [-0.4, -0.2) is 93.7 Å². The number of benzene rings is 2. The third kappa shape index (κ3) is 14.6. The van der Waals surface area contributed by atoms with E-state index in [9.17, 15) is 71.9 Å². The Labute approximate surface area is 391 Å². The molecule has 70 heavy (non-hydrogen) atoms. The molecule has 0 aliphatic carbocycles. The lowest BCUT2D eigenvalue weighted by atomic mass is 10.0. The number of alkyl halides is 6. The van der Waals surface area contributed by atoms with E-state index in [1.54, 1.807) is 41.5 Å². The van der Waals surface area contributed by atoms with Gasteiger partial charge in [0.1, 0.15) is 22.8 Å². The second-order valence-electron chi connectivity index (χ2n) is 17.7. The number of amides is 4. The number of alkyl carbamates (subject to hydrolysis) is 2. The van der Waals surface area contributed by atoms with E-state index in [4.69, 9.17) is 9.47 Å². The summed E-state index contributed by atoms with van der Waals surface area (Å²) in [6, 6.07) is 0.796. The van der Waals surface area contributed by atoms with Crippen LogP contribution in [0.25, 0.3) is 0 Å². The molecule has 28 heteroatoms. The molecule has 0 bridgehead atoms. The summed E-state index contributed by atoms with van der Waals surface area (Å²) in [5, 5.41) is 18.0. The van der Waals surface area contributed by atoms with Crippen LogP contribution in [-0.2, 0) is 70.4 Å². The summed E-state index contributed by atoms with van der Waals surface area (Å²) in [4.78, 5) is 52.6. The maximum Gasteiger partial charge on any atom is 0.451 e. The van der Waals surface area contributed by atoms with Gasteiger partial charge in [-0.1, -0.05) is 0 Å². The van der Waals surface area contributed by atoms with Gasteiger partial charge in [-0.05, 0) is 71.2 Å². The normalized spacial score (nSPS) is 14.7. The number of hydrogen-bond donors (Lipinski definition) is 2. The zero-order valence-corrected chi connectivity index (χ0v) is 37.9. The topological polar surface area (TPSA) is 179 Å². The number of rotatable bonds is 9. The van der Waals surface area contributed by atoms with Crippen LogP contribution in [0.15, 0.2) is 36.0 Å². The van der Waals surface area contributed by atoms with Gasteiger partial charge < -0.3 is 33.7 Å². The Bertz CT molecular complexity index is 2640. The molecule has 0 unspecified atom stereocenters. The molecule has 384 valence electrons. The first-order chi connectivity index (χ1) is 32.3. The Morgan fingerprint density at radius 2 is 1.07 bits per heavy atom. The van der Waals surface area contributed by atoms with Crippen LogP contribution in [0.3, 0.4) is 0 Å². The quantitative estimate of drug-likeness (QED) is 0.0968. The Kier molecular flexibility index (Phi) is 16.2. The predicted octanol–water partition coefficient (Wildman–Crippen LogP) is 7.54. The molecule has 16 nitrogen and oxygen atoms in total. The van der Waals surface area contributed by atoms with Crippen molar-refractivity contribution >= 4 is 24.0 Å². The van der Waals surface area contributed by atoms with E-state index < -0.39 is 113 Å². The first-order valence-corrected chi connectivity index (χ1v) is 20.8. The molecule has 0 spiro atoms. The van der Waals surface area contributed by atoms with Crippen LogP contribution in [0.2, 0.25) is 0 Å². The first kappa shape index (κ1) is 54.0. The summed E-state index contributed by atoms with van der Waals surface area (Å²) >= 11 is 0. The molecule has 4 aromatic rings. The van der Waals surface area contributed by atoms with Crippen molar-refractivity contribution < 1.29 is 82.8 Å². The summed E-state index contributed by atoms with van der Waals surface area (Å²) < 4.78 is 172. The molecule has 2 N–H and O–H groups in total. The number of nitrogens with zero attached hydrogens (tertiary/aromatic N) is 8. The predicted molar refractivity (Wildman–Crippen MR) is 218 cm³/mol. The molecule has 2 aliphatic rings. The lowest BCUT2D eigenvalue weighted by Gasteiger charge is -2.30. The van der Waals surface area contributed by atoms with Gasteiger partial charge in [0.05, 0.1) is 13.1 Å². The van der Waals surface area contributed by atoms with Crippen molar-refractivity contribution in [2.45, 2.75) is 117 Å². The number of fused-ring (bicyclic) bond motifs is 2. The second-order valence-corrected chi connectivity index (χ2v) is 17.7. The van der Waals surface area contributed by atoms with E-state index in [2.05, 4.69) is 31.0 Å². The maximum absolute atomic E-state index is 14.2. The van der Waals surface area contributed by atoms with Gasteiger partial charge in [-0.25, -0.2) is 35.9 Å². The molecule has 2 aromatic carbocycles. The van der Waals surface area contributed by atoms with Gasteiger partial charge in [0.25, 0.3) is 0 Å². The largest absolute Gasteiger partial charge is 0.451 e. The monoisotopic (exact) mass is 1010 g/mol. The lowest BCUT2D eigenvalue weighted by molar-refractivity contribution is -0.149. The average molecular weight is 1010 g/mol. The highest BCUT2D eigenvalue weighted by Crippen LogP contribution is 2.31. The Balaban J connectivity index is 0.000000304. The molecule has 0 saturated heterocycles. The molecule has 6 rings (SSSR count). The maximum atomic E-state index is 14.2. The molecule has 0 saturated carbocycles. The van der Waals surface area contributed by atoms with Gasteiger partial charge in [0, 0.05) is 70.4 Å². The number of nitrogens with one attached hydrogen (secondary N) is 2. The fraction of sp³-hybridized carbons (Fsp3) is 0.476. The van der Waals surface area contributed by atoms with Gasteiger partial charge in [-0.2, -0.15) is 26.3 Å². The standard InChI is InChI=1S/C21H23F6N5O3.C21H21F6N5O3.H2/c2*1-20(2,3)35-19(34)28-12(6-11-7-14(23)15(24)9-13(11)22)8-17(33)31-4-5-32-16(10-31)29-30-18(32)21(25,26)27;/h7,9,12H,4-6,8,10H2,1-3H3,(H,28,34);7-9H,4-6,10H2,1-3H3,(H,28,34);1H/b;12-8-;/t12-;;/m1../s1. The smallest absolute Gasteiger partial charge is 0.444 e. The van der Waals surface area contributed by atoms with Gasteiger partial charge in [0.2, 0.25) is 23.5 Å². The molecule has 0 radical (unpaired) electrons. The van der Waals surface area contributed by atoms with Crippen molar-refractivity contribution in [3.8, 4) is 0 Å². The summed E-state index contributed by atoms with van der Waals surface area (Å²) in [5.74, 6) is -11.5. The van der Waals surface area contributed by atoms with Gasteiger partial charge in [0.15, 0.2) is 34.9 Å². The third-order valence-electron chi connectivity index (χ3n) is 9.80. The number of carbonyl (C=O) groups is 4. The van der Waals surface area contributed by atoms with Crippen molar-refractivity contribution in [2.75, 3.05) is 13.1 Å². The Hall–Kier alpha value is -6.90. The zero-order valence-electron chi connectivity index (χ0n) is 37.9. The first-order valence-electron chi connectivity index (χ1n) is 20.8.